The SMILES string of the molecule is CCc1cc(CO)cc(N(C)C2CCCN(C)C2)n1. The number of aliphatic hydroxyl groups excluding tert-OH is 1. The highest BCUT2D eigenvalue weighted by Crippen LogP contribution is 2.21. The zero-order valence-electron chi connectivity index (χ0n) is 12.3. The Labute approximate surface area is 116 Å². The van der Waals surface area contributed by atoms with Gasteiger partial charge in [0, 0.05) is 25.3 Å². The Bertz CT molecular complexity index is 400. The van der Waals surface area contributed by atoms with Crippen LogP contribution in [0.15, 0.2) is 12.1 Å². The van der Waals surface area contributed by atoms with Gasteiger partial charge in [0.1, 0.15) is 5.82 Å². The minimum absolute atomic E-state index is 0.0843. The molecular formula is C15H25N3O. The summed E-state index contributed by atoms with van der Waals surface area (Å²) in [5, 5.41) is 9.36. The van der Waals surface area contributed by atoms with Gasteiger partial charge in [0.25, 0.3) is 0 Å². The molecule has 1 unspecified atom stereocenters. The van der Waals surface area contributed by atoms with Gasteiger partial charge in [-0.3, -0.25) is 0 Å². The lowest BCUT2D eigenvalue weighted by Gasteiger charge is -2.36. The normalized spacial score (nSPS) is 20.5. The van der Waals surface area contributed by atoms with Crippen molar-refractivity contribution in [2.24, 2.45) is 0 Å². The average molecular weight is 263 g/mol. The predicted octanol–water partition coefficient (Wildman–Crippen LogP) is 1.67. The second-order valence-corrected chi connectivity index (χ2v) is 5.51. The predicted molar refractivity (Wildman–Crippen MR) is 78.5 cm³/mol. The summed E-state index contributed by atoms with van der Waals surface area (Å²) >= 11 is 0. The molecule has 0 bridgehead atoms. The van der Waals surface area contributed by atoms with Gasteiger partial charge < -0.3 is 14.9 Å². The molecule has 0 radical (unpaired) electrons. The van der Waals surface area contributed by atoms with E-state index in [1.807, 2.05) is 12.1 Å². The number of hydrogen-bond donors (Lipinski definition) is 1. The van der Waals surface area contributed by atoms with E-state index in [0.29, 0.717) is 6.04 Å². The lowest BCUT2D eigenvalue weighted by Crippen LogP contribution is -2.45. The van der Waals surface area contributed by atoms with Crippen LogP contribution in [0.2, 0.25) is 0 Å². The smallest absolute Gasteiger partial charge is 0.129 e. The monoisotopic (exact) mass is 263 g/mol. The first-order valence-corrected chi connectivity index (χ1v) is 7.16. The molecule has 106 valence electrons. The number of rotatable bonds is 4. The van der Waals surface area contributed by atoms with Crippen molar-refractivity contribution >= 4 is 5.82 Å². The van der Waals surface area contributed by atoms with Crippen molar-refractivity contribution in [1.82, 2.24) is 9.88 Å². The minimum atomic E-state index is 0.0843. The van der Waals surface area contributed by atoms with E-state index in [4.69, 9.17) is 4.98 Å². The first-order valence-electron chi connectivity index (χ1n) is 7.16. The van der Waals surface area contributed by atoms with E-state index in [-0.39, 0.29) is 6.61 Å². The van der Waals surface area contributed by atoms with Crippen LogP contribution >= 0.6 is 0 Å². The Balaban J connectivity index is 2.19. The average Bonchev–Trinajstić information content (AvgIpc) is 2.45. The minimum Gasteiger partial charge on any atom is -0.392 e. The number of anilines is 1. The van der Waals surface area contributed by atoms with Gasteiger partial charge in [0.05, 0.1) is 6.61 Å². The molecular weight excluding hydrogens is 238 g/mol. The van der Waals surface area contributed by atoms with E-state index < -0.39 is 0 Å². The summed E-state index contributed by atoms with van der Waals surface area (Å²) in [5.74, 6) is 0.990. The topological polar surface area (TPSA) is 39.6 Å². The molecule has 1 aliphatic rings. The van der Waals surface area contributed by atoms with Crippen LogP contribution in [-0.2, 0) is 13.0 Å². The highest BCUT2D eigenvalue weighted by molar-refractivity contribution is 5.43. The number of aromatic nitrogens is 1. The van der Waals surface area contributed by atoms with E-state index in [9.17, 15) is 5.11 Å². The molecule has 1 aromatic heterocycles. The fraction of sp³-hybridized carbons (Fsp3) is 0.667. The van der Waals surface area contributed by atoms with Crippen LogP contribution in [0.4, 0.5) is 5.82 Å². The molecule has 1 aromatic rings. The second kappa shape index (κ2) is 6.35. The van der Waals surface area contributed by atoms with Gasteiger partial charge in [-0.15, -0.1) is 0 Å². The number of hydrogen-bond acceptors (Lipinski definition) is 4. The molecule has 0 aliphatic carbocycles. The first kappa shape index (κ1) is 14.3. The van der Waals surface area contributed by atoms with Gasteiger partial charge in [-0.2, -0.15) is 0 Å². The van der Waals surface area contributed by atoms with Crippen molar-refractivity contribution in [3.8, 4) is 0 Å². The number of nitrogens with zero attached hydrogens (tertiary/aromatic N) is 3. The van der Waals surface area contributed by atoms with Gasteiger partial charge in [-0.25, -0.2) is 4.98 Å². The van der Waals surface area contributed by atoms with E-state index in [1.54, 1.807) is 0 Å². The van der Waals surface area contributed by atoms with Crippen LogP contribution in [0, 0.1) is 0 Å². The third-order valence-corrected chi connectivity index (χ3v) is 3.98. The summed E-state index contributed by atoms with van der Waals surface area (Å²) in [6.07, 6.45) is 3.36. The van der Waals surface area contributed by atoms with Gasteiger partial charge in [0.15, 0.2) is 0 Å². The van der Waals surface area contributed by atoms with Crippen molar-refractivity contribution in [2.75, 3.05) is 32.1 Å². The molecule has 4 heteroatoms. The second-order valence-electron chi connectivity index (χ2n) is 5.51. The molecule has 19 heavy (non-hydrogen) atoms. The molecule has 0 saturated carbocycles. The lowest BCUT2D eigenvalue weighted by molar-refractivity contribution is 0.247. The van der Waals surface area contributed by atoms with Crippen LogP contribution in [-0.4, -0.2) is 48.2 Å². The zero-order chi connectivity index (χ0) is 13.8. The third kappa shape index (κ3) is 3.45. The summed E-state index contributed by atoms with van der Waals surface area (Å²) in [5.41, 5.74) is 2.01. The molecule has 1 fully saturated rings. The Morgan fingerprint density at radius 1 is 1.47 bits per heavy atom. The molecule has 4 nitrogen and oxygen atoms in total. The maximum Gasteiger partial charge on any atom is 0.129 e. The van der Waals surface area contributed by atoms with Crippen molar-refractivity contribution in [2.45, 2.75) is 38.8 Å². The maximum atomic E-state index is 9.36. The number of aryl methyl sites for hydroxylation is 1. The number of likely N-dealkylation sites (N-methyl/N-ethyl adjacent to an activating group) is 2. The lowest BCUT2D eigenvalue weighted by atomic mass is 10.0. The molecule has 2 rings (SSSR count). The molecule has 0 spiro atoms. The number of pyridine rings is 1. The zero-order valence-corrected chi connectivity index (χ0v) is 12.3. The fourth-order valence-corrected chi connectivity index (χ4v) is 2.73. The van der Waals surface area contributed by atoms with Crippen LogP contribution < -0.4 is 4.90 Å². The number of piperidine rings is 1. The molecule has 0 amide bonds. The number of likely N-dealkylation sites (tertiary alicyclic amines) is 1. The van der Waals surface area contributed by atoms with E-state index in [0.717, 1.165) is 30.0 Å². The number of aliphatic hydroxyl groups is 1. The Morgan fingerprint density at radius 3 is 2.89 bits per heavy atom. The van der Waals surface area contributed by atoms with Crippen LogP contribution in [0.25, 0.3) is 0 Å². The van der Waals surface area contributed by atoms with Crippen molar-refractivity contribution < 1.29 is 5.11 Å². The van der Waals surface area contributed by atoms with Gasteiger partial charge in [-0.1, -0.05) is 6.92 Å². The van der Waals surface area contributed by atoms with Crippen LogP contribution in [0.1, 0.15) is 31.0 Å². The maximum absolute atomic E-state index is 9.36. The highest BCUT2D eigenvalue weighted by atomic mass is 16.3. The molecule has 2 heterocycles. The molecule has 1 N–H and O–H groups in total. The fourth-order valence-electron chi connectivity index (χ4n) is 2.73. The van der Waals surface area contributed by atoms with Gasteiger partial charge in [-0.05, 0) is 50.6 Å². The van der Waals surface area contributed by atoms with E-state index >= 15 is 0 Å². The molecule has 1 saturated heterocycles. The molecule has 1 aliphatic heterocycles. The third-order valence-electron chi connectivity index (χ3n) is 3.98. The standard InChI is InChI=1S/C15H25N3O/c1-4-13-8-12(11-19)9-15(16-13)18(3)14-6-5-7-17(2)10-14/h8-9,14,19H,4-7,10-11H2,1-3H3. The van der Waals surface area contributed by atoms with E-state index in [2.05, 4.69) is 30.8 Å². The van der Waals surface area contributed by atoms with Gasteiger partial charge >= 0.3 is 0 Å². The summed E-state index contributed by atoms with van der Waals surface area (Å²) in [7, 11) is 4.29. The summed E-state index contributed by atoms with van der Waals surface area (Å²) in [4.78, 5) is 9.34. The van der Waals surface area contributed by atoms with Crippen molar-refractivity contribution in [1.29, 1.82) is 0 Å². The summed E-state index contributed by atoms with van der Waals surface area (Å²) in [6, 6.07) is 4.52. The summed E-state index contributed by atoms with van der Waals surface area (Å²) < 4.78 is 0. The quantitative estimate of drug-likeness (QED) is 0.897. The molecule has 0 aromatic carbocycles. The van der Waals surface area contributed by atoms with Crippen LogP contribution in [0.5, 0.6) is 0 Å². The van der Waals surface area contributed by atoms with Gasteiger partial charge in [0.2, 0.25) is 0 Å². The highest BCUT2D eigenvalue weighted by Gasteiger charge is 2.22. The van der Waals surface area contributed by atoms with E-state index in [1.165, 1.54) is 19.4 Å². The largest absolute Gasteiger partial charge is 0.392 e. The van der Waals surface area contributed by atoms with Crippen molar-refractivity contribution in [3.05, 3.63) is 23.4 Å². The van der Waals surface area contributed by atoms with Crippen molar-refractivity contribution in [3.63, 3.8) is 0 Å². The Hall–Kier alpha value is -1.13. The first-order chi connectivity index (χ1) is 9.13. The Morgan fingerprint density at radius 2 is 2.26 bits per heavy atom. The summed E-state index contributed by atoms with van der Waals surface area (Å²) in [6.45, 7) is 4.46. The Kier molecular flexibility index (Phi) is 4.77. The van der Waals surface area contributed by atoms with Crippen LogP contribution in [0.3, 0.4) is 0 Å². The molecule has 1 atom stereocenters.